The molecule has 1 amide bonds. The molecular weight excluding hydrogens is 432 g/mol. The van der Waals surface area contributed by atoms with Crippen molar-refractivity contribution in [2.75, 3.05) is 11.9 Å². The van der Waals surface area contributed by atoms with Gasteiger partial charge in [-0.2, -0.15) is 8.42 Å². The minimum Gasteiger partial charge on any atom is -0.373 e. The summed E-state index contributed by atoms with van der Waals surface area (Å²) in [4.78, 5) is 32.2. The molecule has 4 rings (SSSR count). The summed E-state index contributed by atoms with van der Waals surface area (Å²) in [6, 6.07) is 8.88. The van der Waals surface area contributed by atoms with Crippen molar-refractivity contribution in [2.24, 2.45) is 10.3 Å². The molecule has 2 aliphatic heterocycles. The van der Waals surface area contributed by atoms with Gasteiger partial charge in [-0.15, -0.1) is 4.40 Å². The smallest absolute Gasteiger partial charge is 0.286 e. The first kappa shape index (κ1) is 22.1. The number of ketones is 1. The molecule has 1 N–H and O–H groups in total. The van der Waals surface area contributed by atoms with Crippen LogP contribution < -0.4 is 5.32 Å². The Bertz CT molecular complexity index is 1190. The van der Waals surface area contributed by atoms with Crippen molar-refractivity contribution in [1.82, 2.24) is 9.88 Å². The van der Waals surface area contributed by atoms with Crippen LogP contribution in [0.5, 0.6) is 0 Å². The number of pyridine rings is 1. The van der Waals surface area contributed by atoms with Crippen LogP contribution >= 0.6 is 0 Å². The maximum Gasteiger partial charge on any atom is 0.286 e. The normalized spacial score (nSPS) is 22.3. The van der Waals surface area contributed by atoms with Gasteiger partial charge in [-0.05, 0) is 50.6 Å². The average Bonchev–Trinajstić information content (AvgIpc) is 2.95. The molecule has 2 atom stereocenters. The molecule has 1 aromatic carbocycles. The topological polar surface area (TPSA) is 118 Å². The molecule has 0 aliphatic carbocycles. The van der Waals surface area contributed by atoms with Crippen LogP contribution in [0.25, 0.3) is 0 Å². The maximum absolute atomic E-state index is 13.4. The molecule has 10 heteroatoms. The van der Waals surface area contributed by atoms with Crippen LogP contribution in [0.3, 0.4) is 0 Å². The molecule has 0 radical (unpaired) electrons. The third kappa shape index (κ3) is 4.28. The fourth-order valence-electron chi connectivity index (χ4n) is 3.67. The lowest BCUT2D eigenvalue weighted by molar-refractivity contribution is -0.133. The lowest BCUT2D eigenvalue weighted by Crippen LogP contribution is -2.40. The summed E-state index contributed by atoms with van der Waals surface area (Å²) in [6.07, 6.45) is 3.21. The largest absolute Gasteiger partial charge is 0.373 e. The van der Waals surface area contributed by atoms with Crippen LogP contribution in [-0.2, 0) is 30.9 Å². The van der Waals surface area contributed by atoms with Gasteiger partial charge in [0.1, 0.15) is 16.8 Å². The maximum atomic E-state index is 13.4. The van der Waals surface area contributed by atoms with Gasteiger partial charge in [0.25, 0.3) is 10.0 Å². The second-order valence-corrected chi connectivity index (χ2v) is 10.2. The van der Waals surface area contributed by atoms with E-state index in [1.165, 1.54) is 11.0 Å². The Morgan fingerprint density at radius 2 is 1.78 bits per heavy atom. The first-order valence-electron chi connectivity index (χ1n) is 10.1. The Labute approximate surface area is 186 Å². The van der Waals surface area contributed by atoms with E-state index in [4.69, 9.17) is 4.74 Å². The molecule has 3 heterocycles. The summed E-state index contributed by atoms with van der Waals surface area (Å²) in [7, 11) is -4.04. The quantitative estimate of drug-likeness (QED) is 0.684. The number of benzene rings is 1. The van der Waals surface area contributed by atoms with Crippen molar-refractivity contribution in [3.8, 4) is 0 Å². The highest BCUT2D eigenvalue weighted by atomic mass is 32.2. The van der Waals surface area contributed by atoms with Crippen molar-refractivity contribution >= 4 is 33.2 Å². The first-order valence-corrected chi connectivity index (χ1v) is 11.6. The predicted molar refractivity (Wildman–Crippen MR) is 117 cm³/mol. The molecule has 1 saturated heterocycles. The third-order valence-corrected chi connectivity index (χ3v) is 6.56. The van der Waals surface area contributed by atoms with Gasteiger partial charge in [-0.1, -0.05) is 12.1 Å². The van der Waals surface area contributed by atoms with Crippen molar-refractivity contribution in [2.45, 2.75) is 43.9 Å². The summed E-state index contributed by atoms with van der Waals surface area (Å²) < 4.78 is 34.9. The highest BCUT2D eigenvalue weighted by Gasteiger charge is 2.51. The number of carbonyl (C=O) groups is 2. The summed E-state index contributed by atoms with van der Waals surface area (Å²) in [5.41, 5.74) is 0.555. The Morgan fingerprint density at radius 1 is 1.09 bits per heavy atom. The van der Waals surface area contributed by atoms with Crippen LogP contribution in [0, 0.1) is 5.92 Å². The van der Waals surface area contributed by atoms with E-state index in [1.807, 2.05) is 20.8 Å². The third-order valence-electron chi connectivity index (χ3n) is 5.22. The first-order chi connectivity index (χ1) is 15.1. The summed E-state index contributed by atoms with van der Waals surface area (Å²) in [5.74, 6) is -2.51. The van der Waals surface area contributed by atoms with Crippen LogP contribution in [0.15, 0.2) is 58.1 Å². The Kier molecular flexibility index (Phi) is 5.59. The lowest BCUT2D eigenvalue weighted by atomic mass is 10.0. The van der Waals surface area contributed by atoms with Crippen LogP contribution in [0.4, 0.5) is 5.69 Å². The summed E-state index contributed by atoms with van der Waals surface area (Å²) in [5, 5.41) is 2.88. The zero-order valence-electron chi connectivity index (χ0n) is 18.0. The van der Waals surface area contributed by atoms with Crippen LogP contribution in [0.2, 0.25) is 0 Å². The Hall–Kier alpha value is -3.11. The number of ether oxygens (including phenoxy) is 1. The molecule has 0 spiro atoms. The number of para-hydroxylation sites is 1. The molecule has 1 fully saturated rings. The lowest BCUT2D eigenvalue weighted by Gasteiger charge is -2.27. The van der Waals surface area contributed by atoms with E-state index >= 15 is 0 Å². The number of hydrogen-bond acceptors (Lipinski definition) is 7. The minimum atomic E-state index is -4.04. The number of nitrogens with one attached hydrogen (secondary N) is 1. The van der Waals surface area contributed by atoms with Gasteiger partial charge in [-0.3, -0.25) is 14.6 Å². The van der Waals surface area contributed by atoms with E-state index < -0.39 is 39.3 Å². The number of carbonyl (C=O) groups excluding carboxylic acids is 2. The van der Waals surface area contributed by atoms with Crippen molar-refractivity contribution in [3.05, 3.63) is 54.4 Å². The predicted octanol–water partition coefficient (Wildman–Crippen LogP) is 2.01. The standard InChI is InChI=1S/C22H24N4O5S/c1-22(2,3)31-13-16-19(27)18(21(28)26(16)12-14-8-10-23-11-9-14)20-24-15-6-4-5-7-17(15)32(29,30)25-20/h4-11,16,18H,12-13H2,1-3H3,(H,24,25)/t16-,18?/m0/s1. The highest BCUT2D eigenvalue weighted by molar-refractivity contribution is 7.90. The molecule has 0 saturated carbocycles. The van der Waals surface area contributed by atoms with E-state index in [2.05, 4.69) is 14.7 Å². The number of sulfonamides is 1. The SMILES string of the molecule is CC(C)(C)OC[C@H]1C(=O)C(C2=NS(=O)(=O)c3ccccc3N2)C(=O)N1Cc1ccncc1. The highest BCUT2D eigenvalue weighted by Crippen LogP contribution is 2.32. The Balaban J connectivity index is 1.69. The molecule has 168 valence electrons. The number of aromatic nitrogens is 1. The van der Waals surface area contributed by atoms with Crippen LogP contribution in [0.1, 0.15) is 26.3 Å². The zero-order valence-corrected chi connectivity index (χ0v) is 18.8. The summed E-state index contributed by atoms with van der Waals surface area (Å²) in [6.45, 7) is 5.73. The number of hydrogen-bond donors (Lipinski definition) is 1. The van der Waals surface area contributed by atoms with Crippen LogP contribution in [-0.4, -0.2) is 54.1 Å². The van der Waals surface area contributed by atoms with E-state index in [-0.39, 0.29) is 29.6 Å². The second kappa shape index (κ2) is 8.10. The number of amidine groups is 1. The van der Waals surface area contributed by atoms with Gasteiger partial charge in [0, 0.05) is 18.9 Å². The molecule has 2 aliphatic rings. The monoisotopic (exact) mass is 456 g/mol. The number of amides is 1. The van der Waals surface area contributed by atoms with Gasteiger partial charge in [0.05, 0.1) is 17.9 Å². The van der Waals surface area contributed by atoms with Crippen molar-refractivity contribution in [1.29, 1.82) is 0 Å². The van der Waals surface area contributed by atoms with Crippen molar-refractivity contribution in [3.63, 3.8) is 0 Å². The second-order valence-electron chi connectivity index (χ2n) is 8.67. The Morgan fingerprint density at radius 3 is 2.47 bits per heavy atom. The molecule has 0 bridgehead atoms. The fraction of sp³-hybridized carbons (Fsp3) is 0.364. The zero-order chi connectivity index (χ0) is 23.1. The molecule has 2 aromatic rings. The fourth-order valence-corrected chi connectivity index (χ4v) is 4.83. The van der Waals surface area contributed by atoms with E-state index in [9.17, 15) is 18.0 Å². The number of Topliss-reactive ketones (excluding diaryl/α,β-unsaturated/α-hetero) is 1. The van der Waals surface area contributed by atoms with E-state index in [0.29, 0.717) is 0 Å². The number of anilines is 1. The summed E-state index contributed by atoms with van der Waals surface area (Å²) >= 11 is 0. The molecule has 32 heavy (non-hydrogen) atoms. The van der Waals surface area contributed by atoms with Gasteiger partial charge in [-0.25, -0.2) is 0 Å². The molecule has 1 aromatic heterocycles. The molecule has 1 unspecified atom stereocenters. The number of likely N-dealkylation sites (tertiary alicyclic amines) is 1. The van der Waals surface area contributed by atoms with E-state index in [0.717, 1.165) is 5.56 Å². The van der Waals surface area contributed by atoms with E-state index in [1.54, 1.807) is 42.7 Å². The molecule has 9 nitrogen and oxygen atoms in total. The molecular formula is C22H24N4O5S. The average molecular weight is 457 g/mol. The van der Waals surface area contributed by atoms with Crippen molar-refractivity contribution < 1.29 is 22.7 Å². The van der Waals surface area contributed by atoms with Gasteiger partial charge < -0.3 is 15.0 Å². The number of fused-ring (bicyclic) bond motifs is 1. The minimum absolute atomic E-state index is 0.00269. The van der Waals surface area contributed by atoms with Gasteiger partial charge in [0.2, 0.25) is 5.91 Å². The van der Waals surface area contributed by atoms with Gasteiger partial charge >= 0.3 is 0 Å². The number of rotatable bonds is 5. The number of nitrogens with zero attached hydrogens (tertiary/aromatic N) is 3. The van der Waals surface area contributed by atoms with Gasteiger partial charge in [0.15, 0.2) is 11.7 Å².